The van der Waals surface area contributed by atoms with Gasteiger partial charge in [0.1, 0.15) is 0 Å². The van der Waals surface area contributed by atoms with E-state index >= 15 is 0 Å². The van der Waals surface area contributed by atoms with Crippen LogP contribution in [0.15, 0.2) is 24.4 Å². The summed E-state index contributed by atoms with van der Waals surface area (Å²) in [5.41, 5.74) is 2.55. The Kier molecular flexibility index (Phi) is 4.12. The molecule has 100 valence electrons. The maximum Gasteiger partial charge on any atom is 0.303 e. The molecule has 4 nitrogen and oxygen atoms in total. The zero-order valence-electron chi connectivity index (χ0n) is 10.2. The van der Waals surface area contributed by atoms with E-state index in [1.807, 2.05) is 6.92 Å². The smallest absolute Gasteiger partial charge is 0.303 e. The molecule has 1 aromatic heterocycles. The van der Waals surface area contributed by atoms with Crippen LogP contribution in [0.3, 0.4) is 0 Å². The van der Waals surface area contributed by atoms with Crippen molar-refractivity contribution < 1.29 is 9.90 Å². The van der Waals surface area contributed by atoms with Gasteiger partial charge in [-0.1, -0.05) is 23.2 Å². The standard InChI is InChI=1S/C13H12Cl2N2O2/c1-8-9(2-3-13(18)19)7-16-17(8)12-5-10(14)4-11(15)6-12/h4-7H,2-3H2,1H3,(H,18,19). The lowest BCUT2D eigenvalue weighted by Gasteiger charge is -2.06. The van der Waals surface area contributed by atoms with E-state index in [-0.39, 0.29) is 6.42 Å². The summed E-state index contributed by atoms with van der Waals surface area (Å²) in [5, 5.41) is 14.0. The molecule has 0 saturated heterocycles. The van der Waals surface area contributed by atoms with Gasteiger partial charge in [0.2, 0.25) is 0 Å². The number of nitrogens with zero attached hydrogens (tertiary/aromatic N) is 2. The van der Waals surface area contributed by atoms with Gasteiger partial charge >= 0.3 is 5.97 Å². The average molecular weight is 299 g/mol. The SMILES string of the molecule is Cc1c(CCC(=O)O)cnn1-c1cc(Cl)cc(Cl)c1. The molecule has 0 aliphatic rings. The molecule has 1 N–H and O–H groups in total. The highest BCUT2D eigenvalue weighted by atomic mass is 35.5. The van der Waals surface area contributed by atoms with Gasteiger partial charge in [0.15, 0.2) is 0 Å². The van der Waals surface area contributed by atoms with Crippen LogP contribution in [0.25, 0.3) is 5.69 Å². The van der Waals surface area contributed by atoms with Gasteiger partial charge in [-0.25, -0.2) is 4.68 Å². The highest BCUT2D eigenvalue weighted by Gasteiger charge is 2.10. The lowest BCUT2D eigenvalue weighted by atomic mass is 10.1. The Balaban J connectivity index is 2.33. The van der Waals surface area contributed by atoms with Crippen LogP contribution >= 0.6 is 23.2 Å². The second-order valence-electron chi connectivity index (χ2n) is 4.19. The number of rotatable bonds is 4. The van der Waals surface area contributed by atoms with Crippen LogP contribution in [-0.2, 0) is 11.2 Å². The number of halogens is 2. The third-order valence-corrected chi connectivity index (χ3v) is 3.25. The maximum atomic E-state index is 10.6. The minimum Gasteiger partial charge on any atom is -0.481 e. The average Bonchev–Trinajstić information content (AvgIpc) is 2.66. The third kappa shape index (κ3) is 3.28. The van der Waals surface area contributed by atoms with E-state index in [2.05, 4.69) is 5.10 Å². The molecule has 0 spiro atoms. The number of hydrogen-bond donors (Lipinski definition) is 1. The van der Waals surface area contributed by atoms with E-state index < -0.39 is 5.97 Å². The minimum absolute atomic E-state index is 0.0861. The third-order valence-electron chi connectivity index (χ3n) is 2.81. The van der Waals surface area contributed by atoms with Gasteiger partial charge in [0, 0.05) is 22.2 Å². The van der Waals surface area contributed by atoms with Crippen molar-refractivity contribution in [3.63, 3.8) is 0 Å². The summed E-state index contributed by atoms with van der Waals surface area (Å²) in [6, 6.07) is 5.17. The molecule has 0 bridgehead atoms. The Labute approximate surface area is 120 Å². The molecule has 0 amide bonds. The van der Waals surface area contributed by atoms with Gasteiger partial charge in [0.25, 0.3) is 0 Å². The van der Waals surface area contributed by atoms with Crippen LogP contribution in [0.2, 0.25) is 10.0 Å². The molecule has 1 heterocycles. The fourth-order valence-electron chi connectivity index (χ4n) is 1.85. The Bertz CT molecular complexity index is 603. The van der Waals surface area contributed by atoms with Gasteiger partial charge in [0.05, 0.1) is 11.9 Å². The monoisotopic (exact) mass is 298 g/mol. The lowest BCUT2D eigenvalue weighted by Crippen LogP contribution is -2.01. The maximum absolute atomic E-state index is 10.6. The summed E-state index contributed by atoms with van der Waals surface area (Å²) in [5.74, 6) is -0.821. The van der Waals surface area contributed by atoms with Crippen molar-refractivity contribution in [2.24, 2.45) is 0 Å². The molecule has 0 aliphatic heterocycles. The zero-order valence-corrected chi connectivity index (χ0v) is 11.7. The van der Waals surface area contributed by atoms with E-state index in [4.69, 9.17) is 28.3 Å². The van der Waals surface area contributed by atoms with Crippen molar-refractivity contribution >= 4 is 29.2 Å². The first-order valence-corrected chi connectivity index (χ1v) is 6.44. The second kappa shape index (κ2) is 5.63. The molecule has 6 heteroatoms. The molecule has 0 radical (unpaired) electrons. The number of hydrogen-bond acceptors (Lipinski definition) is 2. The summed E-state index contributed by atoms with van der Waals surface area (Å²) in [4.78, 5) is 10.6. The molecule has 2 aromatic rings. The molecule has 19 heavy (non-hydrogen) atoms. The largest absolute Gasteiger partial charge is 0.481 e. The first kappa shape index (κ1) is 13.9. The van der Waals surface area contributed by atoms with E-state index in [0.717, 1.165) is 16.9 Å². The number of benzene rings is 1. The number of aryl methyl sites for hydroxylation is 1. The predicted octanol–water partition coefficient (Wildman–Crippen LogP) is 3.50. The summed E-state index contributed by atoms with van der Waals surface area (Å²) in [6.45, 7) is 1.89. The number of aromatic nitrogens is 2. The first-order chi connectivity index (χ1) is 8.97. The van der Waals surface area contributed by atoms with Crippen molar-refractivity contribution in [1.29, 1.82) is 0 Å². The lowest BCUT2D eigenvalue weighted by molar-refractivity contribution is -0.136. The Morgan fingerprint density at radius 2 is 1.95 bits per heavy atom. The van der Waals surface area contributed by atoms with Crippen LogP contribution in [0.1, 0.15) is 17.7 Å². The summed E-state index contributed by atoms with van der Waals surface area (Å²) in [7, 11) is 0. The Hall–Kier alpha value is -1.52. The van der Waals surface area contributed by atoms with Crippen LogP contribution in [0, 0.1) is 6.92 Å². The Morgan fingerprint density at radius 1 is 1.32 bits per heavy atom. The summed E-state index contributed by atoms with van der Waals surface area (Å²) in [6.07, 6.45) is 2.21. The molecule has 2 rings (SSSR count). The number of carboxylic acid groups (broad SMARTS) is 1. The fraction of sp³-hybridized carbons (Fsp3) is 0.231. The van der Waals surface area contributed by atoms with Crippen molar-refractivity contribution in [3.05, 3.63) is 45.7 Å². The van der Waals surface area contributed by atoms with Crippen molar-refractivity contribution in [3.8, 4) is 5.69 Å². The van der Waals surface area contributed by atoms with Gasteiger partial charge in [-0.05, 0) is 37.1 Å². The van der Waals surface area contributed by atoms with Crippen LogP contribution in [-0.4, -0.2) is 20.9 Å². The molecular formula is C13H12Cl2N2O2. The topological polar surface area (TPSA) is 55.1 Å². The van der Waals surface area contributed by atoms with E-state index in [1.165, 1.54) is 0 Å². The fourth-order valence-corrected chi connectivity index (χ4v) is 2.37. The van der Waals surface area contributed by atoms with Gasteiger partial charge in [-0.15, -0.1) is 0 Å². The summed E-state index contributed by atoms with van der Waals surface area (Å²) >= 11 is 11.9. The molecule has 0 fully saturated rings. The van der Waals surface area contributed by atoms with Crippen molar-refractivity contribution in [1.82, 2.24) is 9.78 Å². The zero-order chi connectivity index (χ0) is 14.0. The van der Waals surface area contributed by atoms with Crippen molar-refractivity contribution in [2.75, 3.05) is 0 Å². The molecular weight excluding hydrogens is 287 g/mol. The van der Waals surface area contributed by atoms with E-state index in [9.17, 15) is 4.79 Å². The predicted molar refractivity (Wildman–Crippen MR) is 74.3 cm³/mol. The highest BCUT2D eigenvalue weighted by Crippen LogP contribution is 2.23. The Morgan fingerprint density at radius 3 is 2.53 bits per heavy atom. The van der Waals surface area contributed by atoms with Crippen LogP contribution in [0.4, 0.5) is 0 Å². The van der Waals surface area contributed by atoms with E-state index in [0.29, 0.717) is 16.5 Å². The first-order valence-electron chi connectivity index (χ1n) is 5.69. The normalized spacial score (nSPS) is 10.7. The second-order valence-corrected chi connectivity index (χ2v) is 5.06. The molecule has 0 aliphatic carbocycles. The number of carboxylic acids is 1. The molecule has 0 unspecified atom stereocenters. The quantitative estimate of drug-likeness (QED) is 0.940. The van der Waals surface area contributed by atoms with Gasteiger partial charge < -0.3 is 5.11 Å². The highest BCUT2D eigenvalue weighted by molar-refractivity contribution is 6.34. The van der Waals surface area contributed by atoms with E-state index in [1.54, 1.807) is 29.1 Å². The van der Waals surface area contributed by atoms with Crippen LogP contribution in [0.5, 0.6) is 0 Å². The van der Waals surface area contributed by atoms with Crippen molar-refractivity contribution in [2.45, 2.75) is 19.8 Å². The molecule has 1 aromatic carbocycles. The molecule has 0 saturated carbocycles. The molecule has 0 atom stereocenters. The number of aliphatic carboxylic acids is 1. The van der Waals surface area contributed by atoms with Gasteiger partial charge in [-0.3, -0.25) is 4.79 Å². The number of carbonyl (C=O) groups is 1. The van der Waals surface area contributed by atoms with Gasteiger partial charge in [-0.2, -0.15) is 5.10 Å². The summed E-state index contributed by atoms with van der Waals surface area (Å²) < 4.78 is 1.70. The van der Waals surface area contributed by atoms with Crippen LogP contribution < -0.4 is 0 Å². The minimum atomic E-state index is -0.821.